The maximum Gasteiger partial charge on any atom is 0.236 e. The predicted molar refractivity (Wildman–Crippen MR) is 71.2 cm³/mol. The number of amides is 1. The summed E-state index contributed by atoms with van der Waals surface area (Å²) < 4.78 is 0. The Morgan fingerprint density at radius 3 is 3.06 bits per heavy atom. The predicted octanol–water partition coefficient (Wildman–Crippen LogP) is 1.95. The summed E-state index contributed by atoms with van der Waals surface area (Å²) in [6.07, 6.45) is 0. The van der Waals surface area contributed by atoms with Crippen LogP contribution in [0, 0.1) is 0 Å². The topological polar surface area (TPSA) is 41.1 Å². The number of thioether (sulfide) groups is 1. The van der Waals surface area contributed by atoms with E-state index in [9.17, 15) is 4.79 Å². The van der Waals surface area contributed by atoms with Gasteiger partial charge in [0, 0.05) is 23.2 Å². The molecule has 0 aliphatic carbocycles. The highest BCUT2D eigenvalue weighted by Crippen LogP contribution is 2.37. The molecule has 0 fully saturated rings. The third-order valence-corrected chi connectivity index (χ3v) is 4.08. The molecule has 0 saturated carbocycles. The van der Waals surface area contributed by atoms with E-state index in [1.54, 1.807) is 0 Å². The molecule has 2 rings (SSSR count). The van der Waals surface area contributed by atoms with Crippen molar-refractivity contribution in [1.29, 1.82) is 0 Å². The summed E-state index contributed by atoms with van der Waals surface area (Å²) in [6, 6.07) is 8.52. The Morgan fingerprint density at radius 1 is 1.53 bits per heavy atom. The van der Waals surface area contributed by atoms with Crippen LogP contribution in [0.5, 0.6) is 0 Å². The van der Waals surface area contributed by atoms with Gasteiger partial charge in [0.25, 0.3) is 0 Å². The van der Waals surface area contributed by atoms with Crippen LogP contribution in [-0.4, -0.2) is 24.2 Å². The second-order valence-electron chi connectivity index (χ2n) is 4.18. The summed E-state index contributed by atoms with van der Waals surface area (Å²) in [5.74, 6) is 1.07. The van der Waals surface area contributed by atoms with E-state index in [4.69, 9.17) is 0 Å². The van der Waals surface area contributed by atoms with Gasteiger partial charge >= 0.3 is 0 Å². The van der Waals surface area contributed by atoms with Crippen LogP contribution in [0.2, 0.25) is 0 Å². The van der Waals surface area contributed by atoms with Gasteiger partial charge in [-0.3, -0.25) is 10.1 Å². The van der Waals surface area contributed by atoms with E-state index in [0.717, 1.165) is 5.75 Å². The van der Waals surface area contributed by atoms with Gasteiger partial charge in [-0.25, -0.2) is 0 Å². The van der Waals surface area contributed by atoms with Crippen LogP contribution in [0.25, 0.3) is 0 Å². The Kier molecular flexibility index (Phi) is 4.07. The zero-order valence-corrected chi connectivity index (χ0v) is 11.0. The summed E-state index contributed by atoms with van der Waals surface area (Å²) in [7, 11) is 0. The molecule has 1 aliphatic heterocycles. The maximum atomic E-state index is 11.7. The van der Waals surface area contributed by atoms with E-state index in [1.165, 1.54) is 10.5 Å². The van der Waals surface area contributed by atoms with Crippen molar-refractivity contribution in [2.24, 2.45) is 0 Å². The van der Waals surface area contributed by atoms with Crippen molar-refractivity contribution in [2.75, 3.05) is 12.3 Å². The Labute approximate surface area is 106 Å². The van der Waals surface area contributed by atoms with Crippen LogP contribution < -0.4 is 10.6 Å². The van der Waals surface area contributed by atoms with Gasteiger partial charge in [-0.1, -0.05) is 18.2 Å². The van der Waals surface area contributed by atoms with Gasteiger partial charge in [0.05, 0.1) is 6.04 Å². The molecular formula is C13H18N2OS. The molecule has 2 unspecified atom stereocenters. The Hall–Kier alpha value is -1.00. The smallest absolute Gasteiger partial charge is 0.236 e. The minimum absolute atomic E-state index is 0.0712. The van der Waals surface area contributed by atoms with E-state index in [0.29, 0.717) is 6.54 Å². The van der Waals surface area contributed by atoms with Crippen LogP contribution in [0.1, 0.15) is 25.5 Å². The van der Waals surface area contributed by atoms with Crippen LogP contribution >= 0.6 is 11.8 Å². The average Bonchev–Trinajstić information content (AvgIpc) is 2.73. The minimum Gasteiger partial charge on any atom is -0.355 e. The number of hydrogen-bond acceptors (Lipinski definition) is 3. The van der Waals surface area contributed by atoms with E-state index in [1.807, 2.05) is 25.6 Å². The largest absolute Gasteiger partial charge is 0.355 e. The normalized spacial score (nSPS) is 19.8. The summed E-state index contributed by atoms with van der Waals surface area (Å²) in [4.78, 5) is 13.0. The highest BCUT2D eigenvalue weighted by molar-refractivity contribution is 7.99. The molecule has 1 amide bonds. The van der Waals surface area contributed by atoms with Crippen molar-refractivity contribution < 1.29 is 4.79 Å². The fourth-order valence-electron chi connectivity index (χ4n) is 2.01. The number of benzene rings is 1. The van der Waals surface area contributed by atoms with Gasteiger partial charge in [-0.05, 0) is 25.5 Å². The van der Waals surface area contributed by atoms with Crippen LogP contribution in [-0.2, 0) is 4.79 Å². The second-order valence-corrected chi connectivity index (χ2v) is 5.25. The van der Waals surface area contributed by atoms with Crippen LogP contribution in [0.15, 0.2) is 29.2 Å². The molecule has 0 aromatic heterocycles. The molecule has 1 aromatic carbocycles. The van der Waals surface area contributed by atoms with Crippen molar-refractivity contribution in [3.63, 3.8) is 0 Å². The molecule has 92 valence electrons. The van der Waals surface area contributed by atoms with Crippen molar-refractivity contribution in [3.05, 3.63) is 29.8 Å². The first-order valence-electron chi connectivity index (χ1n) is 5.98. The molecule has 1 aromatic rings. The van der Waals surface area contributed by atoms with Crippen molar-refractivity contribution >= 4 is 17.7 Å². The second kappa shape index (κ2) is 5.56. The molecule has 1 aliphatic rings. The standard InChI is InChI=1S/C13H18N2OS/c1-3-14-13(16)9(2)15-11-8-17-12-7-5-4-6-10(11)12/h4-7,9,11,15H,3,8H2,1-2H3,(H,14,16). The lowest BCUT2D eigenvalue weighted by Crippen LogP contribution is -2.43. The number of carbonyl (C=O) groups is 1. The molecule has 0 radical (unpaired) electrons. The maximum absolute atomic E-state index is 11.7. The third-order valence-electron chi connectivity index (χ3n) is 2.90. The summed E-state index contributed by atoms with van der Waals surface area (Å²) in [5, 5.41) is 6.22. The van der Waals surface area contributed by atoms with Crippen LogP contribution in [0.3, 0.4) is 0 Å². The SMILES string of the molecule is CCNC(=O)C(C)NC1CSc2ccccc21. The fraction of sp³-hybridized carbons (Fsp3) is 0.462. The van der Waals surface area contributed by atoms with Crippen LogP contribution in [0.4, 0.5) is 0 Å². The lowest BCUT2D eigenvalue weighted by Gasteiger charge is -2.19. The molecule has 17 heavy (non-hydrogen) atoms. The molecule has 2 atom stereocenters. The lowest BCUT2D eigenvalue weighted by molar-refractivity contribution is -0.122. The van der Waals surface area contributed by atoms with Crippen molar-refractivity contribution in [1.82, 2.24) is 10.6 Å². The molecule has 0 saturated heterocycles. The summed E-state index contributed by atoms with van der Waals surface area (Å²) in [6.45, 7) is 4.53. The van der Waals surface area contributed by atoms with Gasteiger partial charge in [-0.2, -0.15) is 0 Å². The molecule has 1 heterocycles. The van der Waals surface area contributed by atoms with Gasteiger partial charge in [0.15, 0.2) is 0 Å². The first kappa shape index (κ1) is 12.5. The number of likely N-dealkylation sites (N-methyl/N-ethyl adjacent to an activating group) is 1. The van der Waals surface area contributed by atoms with E-state index in [2.05, 4.69) is 34.9 Å². The lowest BCUT2D eigenvalue weighted by atomic mass is 10.1. The molecule has 0 spiro atoms. The molecule has 4 heteroatoms. The Morgan fingerprint density at radius 2 is 2.29 bits per heavy atom. The first-order chi connectivity index (χ1) is 8.22. The number of hydrogen-bond donors (Lipinski definition) is 2. The van der Waals surface area contributed by atoms with Crippen molar-refractivity contribution in [2.45, 2.75) is 30.8 Å². The Balaban J connectivity index is 1.99. The number of nitrogens with one attached hydrogen (secondary N) is 2. The molecular weight excluding hydrogens is 232 g/mol. The van der Waals surface area contributed by atoms with E-state index < -0.39 is 0 Å². The zero-order valence-electron chi connectivity index (χ0n) is 10.2. The highest BCUT2D eigenvalue weighted by atomic mass is 32.2. The number of carbonyl (C=O) groups excluding carboxylic acids is 1. The Bertz CT molecular complexity index is 408. The van der Waals surface area contributed by atoms with Gasteiger partial charge < -0.3 is 5.32 Å². The fourth-order valence-corrected chi connectivity index (χ4v) is 3.18. The highest BCUT2D eigenvalue weighted by Gasteiger charge is 2.25. The molecule has 0 bridgehead atoms. The average molecular weight is 250 g/mol. The van der Waals surface area contributed by atoms with E-state index >= 15 is 0 Å². The number of fused-ring (bicyclic) bond motifs is 1. The monoisotopic (exact) mass is 250 g/mol. The quantitative estimate of drug-likeness (QED) is 0.858. The van der Waals surface area contributed by atoms with Gasteiger partial charge in [-0.15, -0.1) is 11.8 Å². The zero-order chi connectivity index (χ0) is 12.3. The van der Waals surface area contributed by atoms with Gasteiger partial charge in [0.2, 0.25) is 5.91 Å². The third kappa shape index (κ3) is 2.82. The minimum atomic E-state index is -0.147. The summed E-state index contributed by atoms with van der Waals surface area (Å²) in [5.41, 5.74) is 1.31. The van der Waals surface area contributed by atoms with Crippen molar-refractivity contribution in [3.8, 4) is 0 Å². The number of rotatable bonds is 4. The van der Waals surface area contributed by atoms with Gasteiger partial charge in [0.1, 0.15) is 0 Å². The first-order valence-corrected chi connectivity index (χ1v) is 6.96. The molecule has 3 nitrogen and oxygen atoms in total. The summed E-state index contributed by atoms with van der Waals surface area (Å²) >= 11 is 1.85. The van der Waals surface area contributed by atoms with E-state index in [-0.39, 0.29) is 18.0 Å². The molecule has 2 N–H and O–H groups in total.